The summed E-state index contributed by atoms with van der Waals surface area (Å²) in [6.07, 6.45) is 2.00. The largest absolute Gasteiger partial charge is 0.455 e. The van der Waals surface area contributed by atoms with Gasteiger partial charge in [0.15, 0.2) is 0 Å². The topological polar surface area (TPSA) is 32.5 Å². The lowest BCUT2D eigenvalue weighted by Crippen LogP contribution is -2.27. The molecule has 2 heterocycles. The number of rotatable bonds is 6. The zero-order valence-corrected chi connectivity index (χ0v) is 46.8. The summed E-state index contributed by atoms with van der Waals surface area (Å²) < 4.78 is 7.57. The van der Waals surface area contributed by atoms with Crippen molar-refractivity contribution < 1.29 is 4.42 Å². The zero-order valence-electron chi connectivity index (χ0n) is 46.8. The van der Waals surface area contributed by atoms with Gasteiger partial charge in [-0.2, -0.15) is 0 Å². The molecule has 0 saturated heterocycles. The number of hydrogen-bond donors (Lipinski definition) is 0. The van der Waals surface area contributed by atoms with Gasteiger partial charge in [-0.3, -0.25) is 4.90 Å². The minimum Gasteiger partial charge on any atom is -0.455 e. The van der Waals surface area contributed by atoms with E-state index >= 15 is 0 Å². The van der Waals surface area contributed by atoms with Gasteiger partial charge in [0.2, 0.25) is 0 Å². The quantitative estimate of drug-likeness (QED) is 0.166. The SMILES string of the molecule is Cc1ccc(N(c2ccc3c(c2)C(C)(C)c2ccccc2-3)c2cc3c(c4ccccc24)-c2c(cc(N(c4ccc5c(c4)C(C)(C)c4ccccc4-5)c4ccc(C)cn4)c4c2oc2ccccc24)C32c3ccccc3-c3ccccc32)cc1. The number of fused-ring (bicyclic) bond motifs is 22. The second-order valence-corrected chi connectivity index (χ2v) is 24.3. The van der Waals surface area contributed by atoms with Gasteiger partial charge >= 0.3 is 0 Å². The molecule has 4 heteroatoms. The number of benzene rings is 11. The van der Waals surface area contributed by atoms with Crippen molar-refractivity contribution in [1.29, 1.82) is 0 Å². The number of para-hydroxylation sites is 1. The van der Waals surface area contributed by atoms with Gasteiger partial charge in [-0.05, 0) is 169 Å². The van der Waals surface area contributed by atoms with E-state index < -0.39 is 5.41 Å². The van der Waals surface area contributed by atoms with Crippen LogP contribution in [0, 0.1) is 13.8 Å². The first-order valence-corrected chi connectivity index (χ1v) is 28.8. The fourth-order valence-corrected chi connectivity index (χ4v) is 15.4. The third kappa shape index (κ3) is 6.14. The molecular formula is C78H57N3O. The molecule has 0 atom stereocenters. The Labute approximate surface area is 478 Å². The van der Waals surface area contributed by atoms with E-state index in [9.17, 15) is 0 Å². The molecule has 13 aromatic rings. The van der Waals surface area contributed by atoms with Crippen molar-refractivity contribution in [3.63, 3.8) is 0 Å². The van der Waals surface area contributed by atoms with Crippen LogP contribution in [0.2, 0.25) is 0 Å². The average Bonchev–Trinajstić information content (AvgIpc) is 1.76. The molecule has 0 amide bonds. The van der Waals surface area contributed by atoms with Gasteiger partial charge in [0, 0.05) is 50.4 Å². The first-order valence-electron chi connectivity index (χ1n) is 28.8. The molecule has 1 spiro atoms. The highest BCUT2D eigenvalue weighted by Gasteiger charge is 2.54. The highest BCUT2D eigenvalue weighted by atomic mass is 16.3. The Balaban J connectivity index is 1.01. The Bertz CT molecular complexity index is 4860. The van der Waals surface area contributed by atoms with Gasteiger partial charge < -0.3 is 9.32 Å². The van der Waals surface area contributed by atoms with Crippen LogP contribution in [0.5, 0.6) is 0 Å². The maximum atomic E-state index is 7.57. The molecule has 0 N–H and O–H groups in total. The Kier molecular flexibility index (Phi) is 9.56. The van der Waals surface area contributed by atoms with E-state index in [0.717, 1.165) is 72.7 Å². The molecule has 0 radical (unpaired) electrons. The van der Waals surface area contributed by atoms with Crippen LogP contribution >= 0.6 is 0 Å². The van der Waals surface area contributed by atoms with Crippen molar-refractivity contribution in [2.45, 2.75) is 57.8 Å². The Morgan fingerprint density at radius 3 is 1.41 bits per heavy atom. The second kappa shape index (κ2) is 16.7. The Hall–Kier alpha value is -9.77. The van der Waals surface area contributed by atoms with E-state index in [2.05, 4.69) is 282 Å². The lowest BCUT2D eigenvalue weighted by atomic mass is 9.70. The summed E-state index contributed by atoms with van der Waals surface area (Å²) in [5.74, 6) is 0.837. The van der Waals surface area contributed by atoms with E-state index in [1.165, 1.54) is 94.4 Å². The monoisotopic (exact) mass is 1050 g/mol. The van der Waals surface area contributed by atoms with Gasteiger partial charge in [0.1, 0.15) is 17.0 Å². The first kappa shape index (κ1) is 47.1. The second-order valence-electron chi connectivity index (χ2n) is 24.3. The van der Waals surface area contributed by atoms with Crippen LogP contribution in [0.4, 0.5) is 34.3 Å². The van der Waals surface area contributed by atoms with Crippen LogP contribution < -0.4 is 9.80 Å². The lowest BCUT2D eigenvalue weighted by Gasteiger charge is -2.34. The number of nitrogens with zero attached hydrogens (tertiary/aromatic N) is 3. The van der Waals surface area contributed by atoms with Gasteiger partial charge in [-0.1, -0.05) is 203 Å². The number of aromatic nitrogens is 1. The van der Waals surface area contributed by atoms with Crippen LogP contribution in [0.3, 0.4) is 0 Å². The number of furan rings is 1. The first-order chi connectivity index (χ1) is 40.0. The van der Waals surface area contributed by atoms with E-state index in [1.54, 1.807) is 0 Å². The smallest absolute Gasteiger partial charge is 0.145 e. The van der Waals surface area contributed by atoms with Crippen molar-refractivity contribution in [3.8, 4) is 44.5 Å². The summed E-state index contributed by atoms with van der Waals surface area (Å²) in [7, 11) is 0. The Morgan fingerprint density at radius 1 is 0.354 bits per heavy atom. The van der Waals surface area contributed by atoms with Crippen LogP contribution in [0.25, 0.3) is 77.2 Å². The molecule has 390 valence electrons. The predicted molar refractivity (Wildman–Crippen MR) is 339 cm³/mol. The van der Waals surface area contributed by atoms with Gasteiger partial charge in [0.05, 0.1) is 22.2 Å². The molecule has 0 fully saturated rings. The fourth-order valence-electron chi connectivity index (χ4n) is 15.4. The van der Waals surface area contributed by atoms with Crippen molar-refractivity contribution in [2.75, 3.05) is 9.80 Å². The van der Waals surface area contributed by atoms with Crippen LogP contribution in [0.15, 0.2) is 241 Å². The van der Waals surface area contributed by atoms with Gasteiger partial charge in [-0.15, -0.1) is 0 Å². The maximum absolute atomic E-state index is 7.57. The molecule has 0 saturated carbocycles. The summed E-state index contributed by atoms with van der Waals surface area (Å²) in [5.41, 5.74) is 28.5. The third-order valence-corrected chi connectivity index (χ3v) is 19.2. The molecular weight excluding hydrogens is 995 g/mol. The van der Waals surface area contributed by atoms with Crippen LogP contribution in [-0.4, -0.2) is 4.98 Å². The van der Waals surface area contributed by atoms with E-state index in [0.29, 0.717) is 0 Å². The van der Waals surface area contributed by atoms with E-state index in [-0.39, 0.29) is 10.8 Å². The minimum atomic E-state index is -0.785. The number of pyridine rings is 1. The molecule has 2 aromatic heterocycles. The van der Waals surface area contributed by atoms with Crippen LogP contribution in [-0.2, 0) is 16.2 Å². The summed E-state index contributed by atoms with van der Waals surface area (Å²) >= 11 is 0. The molecule has 11 aromatic carbocycles. The molecule has 0 bridgehead atoms. The van der Waals surface area contributed by atoms with Gasteiger partial charge in [-0.25, -0.2) is 4.98 Å². The van der Waals surface area contributed by atoms with Crippen molar-refractivity contribution in [1.82, 2.24) is 4.98 Å². The summed E-state index contributed by atoms with van der Waals surface area (Å²) in [6, 6.07) is 86.8. The molecule has 0 unspecified atom stereocenters. The fraction of sp³-hybridized carbons (Fsp3) is 0.115. The summed E-state index contributed by atoms with van der Waals surface area (Å²) in [5, 5.41) is 4.45. The number of hydrogen-bond acceptors (Lipinski definition) is 4. The highest BCUT2D eigenvalue weighted by Crippen LogP contribution is 2.68. The molecule has 17 rings (SSSR count). The summed E-state index contributed by atoms with van der Waals surface area (Å²) in [4.78, 5) is 10.3. The molecule has 0 aliphatic heterocycles. The zero-order chi connectivity index (χ0) is 55.0. The Morgan fingerprint density at radius 2 is 0.817 bits per heavy atom. The van der Waals surface area contributed by atoms with Crippen molar-refractivity contribution in [3.05, 3.63) is 292 Å². The van der Waals surface area contributed by atoms with Crippen LogP contribution in [0.1, 0.15) is 83.3 Å². The van der Waals surface area contributed by atoms with E-state index in [1.807, 2.05) is 6.20 Å². The standard InChI is InChI=1S/C78H57N3O/c1-46-31-34-48(35-32-46)80(49-36-38-55-51-19-9-14-26-60(51)76(3,4)64(55)41-49)68-43-66-72(58-24-8-7-23-57(58)68)74-67(78(66)62-28-16-11-21-53(62)54-22-12-17-29-63(54)78)44-69(73-59-25-13-18-30-70(59)82-75(73)74)81(71-40-33-47(2)45-79-71)50-37-39-56-52-20-10-15-27-61(52)77(5,6)65(56)42-50/h7-45H,1-6H3. The molecule has 82 heavy (non-hydrogen) atoms. The van der Waals surface area contributed by atoms with Crippen molar-refractivity contribution >= 4 is 67.0 Å². The van der Waals surface area contributed by atoms with E-state index in [4.69, 9.17) is 9.40 Å². The molecule has 4 nitrogen and oxygen atoms in total. The minimum absolute atomic E-state index is 0.192. The van der Waals surface area contributed by atoms with Crippen molar-refractivity contribution in [2.24, 2.45) is 0 Å². The highest BCUT2D eigenvalue weighted by molar-refractivity contribution is 6.23. The van der Waals surface area contributed by atoms with Gasteiger partial charge in [0.25, 0.3) is 0 Å². The normalized spacial score (nSPS) is 14.8. The predicted octanol–water partition coefficient (Wildman–Crippen LogP) is 20.6. The summed E-state index contributed by atoms with van der Waals surface area (Å²) in [6.45, 7) is 13.8. The third-order valence-electron chi connectivity index (χ3n) is 19.2. The number of aryl methyl sites for hydroxylation is 2. The average molecular weight is 1050 g/mol. The maximum Gasteiger partial charge on any atom is 0.145 e. The molecule has 4 aliphatic carbocycles. The molecule has 4 aliphatic rings. The number of anilines is 6. The lowest BCUT2D eigenvalue weighted by molar-refractivity contribution is 0.660.